The molecule has 1 amide bonds. The third-order valence-electron chi connectivity index (χ3n) is 5.90. The standard InChI is InChI=1S/C22H24N4O3.C2H4O2/c1-13-22(27)25-24-21-12-29-20-10-17(14-5-3-8-16(9-14)28-2)18(11-19(20)26(13)21)23-15-6-4-7-15;1-2(3)4/h3,5,8-11,13,15,23H,4,6-7,12H2,1-2H3,(H,25,27);1H3,(H,3,4). The number of rotatable bonds is 4. The number of nitrogens with zero attached hydrogens (tertiary/aromatic N) is 2. The van der Waals surface area contributed by atoms with E-state index in [-0.39, 0.29) is 11.9 Å². The molecule has 1 unspecified atom stereocenters. The Morgan fingerprint density at radius 3 is 2.73 bits per heavy atom. The zero-order valence-corrected chi connectivity index (χ0v) is 18.9. The van der Waals surface area contributed by atoms with E-state index >= 15 is 0 Å². The van der Waals surface area contributed by atoms with Crippen molar-refractivity contribution in [2.75, 3.05) is 23.9 Å². The maximum Gasteiger partial charge on any atom is 0.300 e. The summed E-state index contributed by atoms with van der Waals surface area (Å²) in [5.41, 5.74) is 6.59. The second-order valence-electron chi connectivity index (χ2n) is 8.23. The fourth-order valence-electron chi connectivity index (χ4n) is 3.99. The lowest BCUT2D eigenvalue weighted by molar-refractivity contribution is -0.134. The molecule has 174 valence electrons. The molecule has 0 radical (unpaired) electrons. The number of amidine groups is 1. The van der Waals surface area contributed by atoms with Crippen LogP contribution in [0.3, 0.4) is 0 Å². The number of carboxylic acid groups (broad SMARTS) is 1. The van der Waals surface area contributed by atoms with Crippen LogP contribution < -0.4 is 25.1 Å². The molecule has 3 aliphatic rings. The molecule has 1 aliphatic carbocycles. The Morgan fingerprint density at radius 2 is 2.06 bits per heavy atom. The summed E-state index contributed by atoms with van der Waals surface area (Å²) in [5, 5.41) is 15.3. The Morgan fingerprint density at radius 1 is 1.30 bits per heavy atom. The topological polar surface area (TPSA) is 112 Å². The van der Waals surface area contributed by atoms with Gasteiger partial charge in [0.1, 0.15) is 24.1 Å². The molecule has 0 saturated heterocycles. The summed E-state index contributed by atoms with van der Waals surface area (Å²) in [6.07, 6.45) is 3.58. The SMILES string of the molecule is CC(=O)O.COc1cccc(-c2cc3c(cc2NC2CCC2)N2C(=NNC(=O)C2C)CO3)c1. The molecule has 0 bridgehead atoms. The Bertz CT molecular complexity index is 1090. The number of anilines is 2. The molecule has 1 atom stereocenters. The van der Waals surface area contributed by atoms with Crippen molar-refractivity contribution in [3.63, 3.8) is 0 Å². The molecular weight excluding hydrogens is 424 g/mol. The van der Waals surface area contributed by atoms with Crippen molar-refractivity contribution in [1.29, 1.82) is 0 Å². The number of carbonyl (C=O) groups excluding carboxylic acids is 1. The Kier molecular flexibility index (Phi) is 6.39. The number of aliphatic carboxylic acids is 1. The minimum Gasteiger partial charge on any atom is -0.497 e. The van der Waals surface area contributed by atoms with Crippen molar-refractivity contribution in [2.45, 2.75) is 45.2 Å². The lowest BCUT2D eigenvalue weighted by Gasteiger charge is -2.39. The van der Waals surface area contributed by atoms with Gasteiger partial charge in [0.05, 0.1) is 12.8 Å². The molecule has 2 aliphatic heterocycles. The van der Waals surface area contributed by atoms with Gasteiger partial charge in [-0.2, -0.15) is 5.10 Å². The minimum atomic E-state index is -0.833. The van der Waals surface area contributed by atoms with Gasteiger partial charge in [0.25, 0.3) is 11.9 Å². The smallest absolute Gasteiger partial charge is 0.300 e. The Labute approximate surface area is 192 Å². The maximum absolute atomic E-state index is 12.2. The highest BCUT2D eigenvalue weighted by molar-refractivity contribution is 6.10. The number of carboxylic acids is 1. The molecular formula is C24H28N4O5. The number of fused-ring (bicyclic) bond motifs is 3. The summed E-state index contributed by atoms with van der Waals surface area (Å²) in [7, 11) is 1.67. The number of ether oxygens (including phenoxy) is 2. The summed E-state index contributed by atoms with van der Waals surface area (Å²) in [6.45, 7) is 3.29. The number of amides is 1. The quantitative estimate of drug-likeness (QED) is 0.651. The summed E-state index contributed by atoms with van der Waals surface area (Å²) in [4.78, 5) is 23.2. The van der Waals surface area contributed by atoms with Crippen LogP contribution in [0, 0.1) is 0 Å². The van der Waals surface area contributed by atoms with Gasteiger partial charge in [-0.15, -0.1) is 0 Å². The molecule has 2 heterocycles. The van der Waals surface area contributed by atoms with Crippen LogP contribution in [0.2, 0.25) is 0 Å². The Balaban J connectivity index is 0.000000601. The lowest BCUT2D eigenvalue weighted by atomic mass is 9.91. The summed E-state index contributed by atoms with van der Waals surface area (Å²) < 4.78 is 11.4. The van der Waals surface area contributed by atoms with E-state index in [1.54, 1.807) is 7.11 Å². The zero-order chi connectivity index (χ0) is 23.5. The van der Waals surface area contributed by atoms with Crippen LogP contribution in [0.25, 0.3) is 11.1 Å². The first-order valence-corrected chi connectivity index (χ1v) is 10.9. The highest BCUT2D eigenvalue weighted by Gasteiger charge is 2.36. The number of methoxy groups -OCH3 is 1. The van der Waals surface area contributed by atoms with Crippen LogP contribution in [0.5, 0.6) is 11.5 Å². The van der Waals surface area contributed by atoms with Gasteiger partial charge in [0, 0.05) is 24.2 Å². The monoisotopic (exact) mass is 452 g/mol. The minimum absolute atomic E-state index is 0.119. The predicted octanol–water partition coefficient (Wildman–Crippen LogP) is 3.45. The molecule has 1 saturated carbocycles. The van der Waals surface area contributed by atoms with Crippen molar-refractivity contribution in [2.24, 2.45) is 5.10 Å². The van der Waals surface area contributed by atoms with Crippen molar-refractivity contribution in [3.8, 4) is 22.6 Å². The highest BCUT2D eigenvalue weighted by atomic mass is 16.5. The van der Waals surface area contributed by atoms with Crippen LogP contribution in [0.15, 0.2) is 41.5 Å². The van der Waals surface area contributed by atoms with Crippen LogP contribution in [-0.2, 0) is 9.59 Å². The van der Waals surface area contributed by atoms with E-state index < -0.39 is 5.97 Å². The van der Waals surface area contributed by atoms with Crippen LogP contribution in [-0.4, -0.2) is 48.6 Å². The van der Waals surface area contributed by atoms with Gasteiger partial charge >= 0.3 is 0 Å². The van der Waals surface area contributed by atoms with Crippen molar-refractivity contribution in [3.05, 3.63) is 36.4 Å². The highest BCUT2D eigenvalue weighted by Crippen LogP contribution is 2.44. The van der Waals surface area contributed by atoms with E-state index in [4.69, 9.17) is 19.4 Å². The average molecular weight is 453 g/mol. The van der Waals surface area contributed by atoms with Gasteiger partial charge in [-0.05, 0) is 56.0 Å². The first-order valence-electron chi connectivity index (χ1n) is 10.9. The number of benzene rings is 2. The normalized spacial score (nSPS) is 18.8. The number of nitrogens with one attached hydrogen (secondary N) is 2. The first-order chi connectivity index (χ1) is 15.9. The van der Waals surface area contributed by atoms with E-state index in [2.05, 4.69) is 34.0 Å². The summed E-state index contributed by atoms with van der Waals surface area (Å²) in [6, 6.07) is 12.3. The molecule has 2 aromatic carbocycles. The predicted molar refractivity (Wildman–Crippen MR) is 126 cm³/mol. The van der Waals surface area contributed by atoms with Crippen molar-refractivity contribution in [1.82, 2.24) is 5.43 Å². The van der Waals surface area contributed by atoms with Crippen LogP contribution >= 0.6 is 0 Å². The molecule has 3 N–H and O–H groups in total. The van der Waals surface area contributed by atoms with Crippen LogP contribution in [0.4, 0.5) is 11.4 Å². The van der Waals surface area contributed by atoms with E-state index in [0.29, 0.717) is 18.5 Å². The second-order valence-corrected chi connectivity index (χ2v) is 8.23. The summed E-state index contributed by atoms with van der Waals surface area (Å²) in [5.74, 6) is 1.33. The molecule has 2 aromatic rings. The van der Waals surface area contributed by atoms with Gasteiger partial charge in [0.2, 0.25) is 0 Å². The molecule has 0 aromatic heterocycles. The van der Waals surface area contributed by atoms with Gasteiger partial charge < -0.3 is 24.8 Å². The number of hydrogen-bond acceptors (Lipinski definition) is 7. The molecule has 1 fully saturated rings. The molecule has 0 spiro atoms. The van der Waals surface area contributed by atoms with Crippen molar-refractivity contribution >= 4 is 29.1 Å². The fraction of sp³-hybridized carbons (Fsp3) is 0.375. The van der Waals surface area contributed by atoms with E-state index in [0.717, 1.165) is 40.9 Å². The molecule has 33 heavy (non-hydrogen) atoms. The number of carbonyl (C=O) groups is 2. The molecule has 5 rings (SSSR count). The first kappa shape index (κ1) is 22.4. The number of hydrazone groups is 1. The fourth-order valence-corrected chi connectivity index (χ4v) is 3.99. The van der Waals surface area contributed by atoms with Gasteiger partial charge in [-0.1, -0.05) is 12.1 Å². The lowest BCUT2D eigenvalue weighted by Crippen LogP contribution is -2.55. The van der Waals surface area contributed by atoms with Gasteiger partial charge in [0.15, 0.2) is 5.84 Å². The molecule has 9 nitrogen and oxygen atoms in total. The van der Waals surface area contributed by atoms with Crippen molar-refractivity contribution < 1.29 is 24.2 Å². The molecule has 9 heteroatoms. The van der Waals surface area contributed by atoms with Gasteiger partial charge in [-0.3, -0.25) is 9.59 Å². The third kappa shape index (κ3) is 4.72. The van der Waals surface area contributed by atoms with E-state index in [9.17, 15) is 4.79 Å². The number of hydrogen-bond donors (Lipinski definition) is 3. The maximum atomic E-state index is 12.2. The zero-order valence-electron chi connectivity index (χ0n) is 18.9. The second kappa shape index (κ2) is 9.40. The Hall–Kier alpha value is -3.75. The van der Waals surface area contributed by atoms with E-state index in [1.807, 2.05) is 30.0 Å². The van der Waals surface area contributed by atoms with E-state index in [1.165, 1.54) is 19.3 Å². The van der Waals surface area contributed by atoms with Crippen LogP contribution in [0.1, 0.15) is 33.1 Å². The largest absolute Gasteiger partial charge is 0.497 e. The average Bonchev–Trinajstić information content (AvgIpc) is 2.77. The summed E-state index contributed by atoms with van der Waals surface area (Å²) >= 11 is 0. The van der Waals surface area contributed by atoms with Gasteiger partial charge in [-0.25, -0.2) is 5.43 Å². The third-order valence-corrected chi connectivity index (χ3v) is 5.90.